The van der Waals surface area contributed by atoms with Gasteiger partial charge >= 0.3 is 6.03 Å². The minimum atomic E-state index is -0.806. The molecule has 2 rings (SSSR count). The Morgan fingerprint density at radius 2 is 1.82 bits per heavy atom. The van der Waals surface area contributed by atoms with Crippen LogP contribution in [-0.4, -0.2) is 27.6 Å². The maximum atomic E-state index is 11.4. The van der Waals surface area contributed by atoms with Crippen molar-refractivity contribution in [2.45, 2.75) is 6.92 Å². The first-order chi connectivity index (χ1) is 7.97. The number of hydrogen-bond donors (Lipinski definition) is 2. The smallest absolute Gasteiger partial charge is 0.275 e. The van der Waals surface area contributed by atoms with Gasteiger partial charge in [0.05, 0.1) is 5.69 Å². The summed E-state index contributed by atoms with van der Waals surface area (Å²) >= 11 is 0. The molecule has 17 heavy (non-hydrogen) atoms. The first-order valence-electron chi connectivity index (χ1n) is 4.86. The Hall–Kier alpha value is -2.44. The van der Waals surface area contributed by atoms with E-state index in [9.17, 15) is 14.4 Å². The lowest BCUT2D eigenvalue weighted by molar-refractivity contribution is -0.123. The minimum Gasteiger partial charge on any atom is -0.275 e. The van der Waals surface area contributed by atoms with Crippen LogP contribution in [-0.2, 0) is 16.6 Å². The fraction of sp³-hybridized carbons (Fsp3) is 0.200. The van der Waals surface area contributed by atoms with Crippen molar-refractivity contribution in [1.82, 2.24) is 20.4 Å². The number of barbiturate groups is 1. The molecule has 1 fully saturated rings. The van der Waals surface area contributed by atoms with Crippen molar-refractivity contribution in [3.8, 4) is 0 Å². The number of nitrogens with zero attached hydrogens (tertiary/aromatic N) is 2. The number of nitrogens with one attached hydrogen (secondary N) is 2. The molecule has 0 bridgehead atoms. The van der Waals surface area contributed by atoms with Gasteiger partial charge in [-0.15, -0.1) is 0 Å². The van der Waals surface area contributed by atoms with E-state index >= 15 is 0 Å². The van der Waals surface area contributed by atoms with Gasteiger partial charge in [-0.3, -0.25) is 24.9 Å². The van der Waals surface area contributed by atoms with Gasteiger partial charge in [0.15, 0.2) is 0 Å². The van der Waals surface area contributed by atoms with Crippen LogP contribution in [0.2, 0.25) is 0 Å². The molecule has 7 nitrogen and oxygen atoms in total. The quantitative estimate of drug-likeness (QED) is 0.505. The monoisotopic (exact) mass is 234 g/mol. The van der Waals surface area contributed by atoms with Crippen LogP contribution in [0.15, 0.2) is 11.8 Å². The van der Waals surface area contributed by atoms with Crippen molar-refractivity contribution in [2.24, 2.45) is 7.05 Å². The van der Waals surface area contributed by atoms with Crippen molar-refractivity contribution >= 4 is 23.9 Å². The average molecular weight is 234 g/mol. The predicted molar refractivity (Wildman–Crippen MR) is 57.6 cm³/mol. The third-order valence-corrected chi connectivity index (χ3v) is 2.29. The van der Waals surface area contributed by atoms with Crippen LogP contribution in [0.3, 0.4) is 0 Å². The van der Waals surface area contributed by atoms with E-state index in [0.29, 0.717) is 11.3 Å². The van der Waals surface area contributed by atoms with Gasteiger partial charge in [0, 0.05) is 18.8 Å². The Balaban J connectivity index is 2.39. The first kappa shape index (κ1) is 11.1. The molecule has 2 N–H and O–H groups in total. The van der Waals surface area contributed by atoms with E-state index in [1.807, 2.05) is 10.6 Å². The highest BCUT2D eigenvalue weighted by Crippen LogP contribution is 2.12. The Morgan fingerprint density at radius 1 is 1.24 bits per heavy atom. The van der Waals surface area contributed by atoms with Crippen LogP contribution >= 0.6 is 0 Å². The van der Waals surface area contributed by atoms with Gasteiger partial charge in [-0.1, -0.05) is 0 Å². The summed E-state index contributed by atoms with van der Waals surface area (Å²) < 4.78 is 1.57. The van der Waals surface area contributed by atoms with Crippen LogP contribution in [0.1, 0.15) is 11.3 Å². The molecule has 1 aliphatic rings. The lowest BCUT2D eigenvalue weighted by Crippen LogP contribution is -2.51. The van der Waals surface area contributed by atoms with Gasteiger partial charge in [0.2, 0.25) is 0 Å². The molecule has 88 valence electrons. The Labute approximate surface area is 96.5 Å². The van der Waals surface area contributed by atoms with Crippen LogP contribution in [0.4, 0.5) is 4.79 Å². The number of aromatic nitrogens is 2. The molecular formula is C10H10N4O3. The number of amides is 4. The standard InChI is InChI=1S/C10H10N4O3/c1-5-6(4-14(2)13-5)3-7-8(15)11-10(17)12-9(7)16/h3-4H,1-2H3,(H2,11,12,15,16,17). The summed E-state index contributed by atoms with van der Waals surface area (Å²) in [6.45, 7) is 1.76. The van der Waals surface area contributed by atoms with Gasteiger partial charge in [-0.25, -0.2) is 4.79 Å². The maximum Gasteiger partial charge on any atom is 0.328 e. The Kier molecular flexibility index (Phi) is 2.51. The van der Waals surface area contributed by atoms with E-state index < -0.39 is 17.8 Å². The average Bonchev–Trinajstić information content (AvgIpc) is 2.51. The van der Waals surface area contributed by atoms with Crippen molar-refractivity contribution in [3.05, 3.63) is 23.0 Å². The maximum absolute atomic E-state index is 11.4. The number of urea groups is 1. The Morgan fingerprint density at radius 3 is 2.29 bits per heavy atom. The summed E-state index contributed by atoms with van der Waals surface area (Å²) in [5.74, 6) is -1.41. The van der Waals surface area contributed by atoms with E-state index in [0.717, 1.165) is 0 Å². The number of imide groups is 2. The van der Waals surface area contributed by atoms with E-state index in [4.69, 9.17) is 0 Å². The summed E-state index contributed by atoms with van der Waals surface area (Å²) in [7, 11) is 1.74. The fourth-order valence-electron chi connectivity index (χ4n) is 1.52. The van der Waals surface area contributed by atoms with Gasteiger partial charge in [-0.2, -0.15) is 5.10 Å². The molecule has 0 radical (unpaired) electrons. The molecule has 0 unspecified atom stereocenters. The lowest BCUT2D eigenvalue weighted by Gasteiger charge is -2.13. The molecule has 0 saturated carbocycles. The molecule has 0 aromatic carbocycles. The molecule has 1 aromatic rings. The number of hydrogen-bond acceptors (Lipinski definition) is 4. The van der Waals surface area contributed by atoms with Crippen LogP contribution in [0.5, 0.6) is 0 Å². The van der Waals surface area contributed by atoms with Crippen LogP contribution < -0.4 is 10.6 Å². The molecule has 0 spiro atoms. The molecule has 0 atom stereocenters. The molecule has 1 aromatic heterocycles. The zero-order chi connectivity index (χ0) is 12.6. The van der Waals surface area contributed by atoms with Crippen molar-refractivity contribution in [2.75, 3.05) is 0 Å². The second-order valence-electron chi connectivity index (χ2n) is 3.64. The zero-order valence-electron chi connectivity index (χ0n) is 9.27. The highest BCUT2D eigenvalue weighted by molar-refractivity contribution is 6.31. The number of carbonyl (C=O) groups is 3. The van der Waals surface area contributed by atoms with E-state index in [1.54, 1.807) is 24.9 Å². The molecule has 4 amide bonds. The number of rotatable bonds is 1. The fourth-order valence-corrected chi connectivity index (χ4v) is 1.52. The minimum absolute atomic E-state index is 0.110. The largest absolute Gasteiger partial charge is 0.328 e. The second-order valence-corrected chi connectivity index (χ2v) is 3.64. The third kappa shape index (κ3) is 2.07. The van der Waals surface area contributed by atoms with E-state index in [1.165, 1.54) is 6.08 Å². The second kappa shape index (κ2) is 3.85. The highest BCUT2D eigenvalue weighted by Gasteiger charge is 2.27. The number of aryl methyl sites for hydroxylation is 2. The van der Waals surface area contributed by atoms with Gasteiger partial charge in [0.1, 0.15) is 5.57 Å². The lowest BCUT2D eigenvalue weighted by atomic mass is 10.1. The predicted octanol–water partition coefficient (Wildman–Crippen LogP) is -0.522. The summed E-state index contributed by atoms with van der Waals surface area (Å²) in [4.78, 5) is 33.7. The molecule has 2 heterocycles. The zero-order valence-corrected chi connectivity index (χ0v) is 9.27. The van der Waals surface area contributed by atoms with Crippen molar-refractivity contribution in [3.63, 3.8) is 0 Å². The summed E-state index contributed by atoms with van der Waals surface area (Å²) in [5.41, 5.74) is 1.24. The molecule has 7 heteroatoms. The van der Waals surface area contributed by atoms with E-state index in [2.05, 4.69) is 5.10 Å². The van der Waals surface area contributed by atoms with Gasteiger partial charge < -0.3 is 0 Å². The summed E-state index contributed by atoms with van der Waals surface area (Å²) in [6, 6.07) is -0.806. The van der Waals surface area contributed by atoms with Crippen molar-refractivity contribution < 1.29 is 14.4 Å². The first-order valence-corrected chi connectivity index (χ1v) is 4.86. The van der Waals surface area contributed by atoms with Gasteiger partial charge in [0.25, 0.3) is 11.8 Å². The molecule has 1 saturated heterocycles. The number of carbonyl (C=O) groups excluding carboxylic acids is 3. The topological polar surface area (TPSA) is 93.1 Å². The Bertz CT molecular complexity index is 534. The highest BCUT2D eigenvalue weighted by atomic mass is 16.2. The third-order valence-electron chi connectivity index (χ3n) is 2.29. The summed E-state index contributed by atoms with van der Waals surface area (Å²) in [5, 5.41) is 8.09. The molecule has 1 aliphatic heterocycles. The van der Waals surface area contributed by atoms with Crippen LogP contribution in [0.25, 0.3) is 6.08 Å². The SMILES string of the molecule is Cc1nn(C)cc1C=C1C(=O)NC(=O)NC1=O. The normalized spacial score (nSPS) is 15.6. The van der Waals surface area contributed by atoms with Gasteiger partial charge in [-0.05, 0) is 13.0 Å². The molecule has 0 aliphatic carbocycles. The van der Waals surface area contributed by atoms with Crippen LogP contribution in [0, 0.1) is 6.92 Å². The molecular weight excluding hydrogens is 224 g/mol. The summed E-state index contributed by atoms with van der Waals surface area (Å²) in [6.07, 6.45) is 3.08. The van der Waals surface area contributed by atoms with Crippen molar-refractivity contribution in [1.29, 1.82) is 0 Å². The van der Waals surface area contributed by atoms with E-state index in [-0.39, 0.29) is 5.57 Å².